The Morgan fingerprint density at radius 3 is 2.62 bits per heavy atom. The Morgan fingerprint density at radius 1 is 1.21 bits per heavy atom. The van der Waals surface area contributed by atoms with Crippen LogP contribution in [0.1, 0.15) is 35.1 Å². The predicted molar refractivity (Wildman–Crippen MR) is 123 cm³/mol. The first-order valence-corrected chi connectivity index (χ1v) is 10.4. The van der Waals surface area contributed by atoms with Gasteiger partial charge in [-0.1, -0.05) is 35.9 Å². The zero-order chi connectivity index (χ0) is 21.1. The van der Waals surface area contributed by atoms with Crippen LogP contribution >= 0.6 is 23.8 Å². The first-order chi connectivity index (χ1) is 13.8. The largest absolute Gasteiger partial charge is 0.346 e. The van der Waals surface area contributed by atoms with Crippen LogP contribution in [0.2, 0.25) is 5.02 Å². The number of hydrogen-bond acceptors (Lipinski definition) is 3. The average Bonchev–Trinajstić information content (AvgIpc) is 3.17. The first kappa shape index (κ1) is 21.3. The molecule has 29 heavy (non-hydrogen) atoms. The molecule has 3 aromatic rings. The summed E-state index contributed by atoms with van der Waals surface area (Å²) >= 11 is 11.9. The minimum Gasteiger partial charge on any atom is -0.346 e. The van der Waals surface area contributed by atoms with E-state index in [9.17, 15) is 0 Å². The van der Waals surface area contributed by atoms with Gasteiger partial charge in [0.15, 0.2) is 5.11 Å². The van der Waals surface area contributed by atoms with Crippen molar-refractivity contribution in [3.05, 3.63) is 63.7 Å². The summed E-state index contributed by atoms with van der Waals surface area (Å²) in [5.41, 5.74) is 6.39. The molecular formula is C21H27ClN6S. The molecule has 0 spiro atoms. The van der Waals surface area contributed by atoms with Crippen LogP contribution in [0, 0.1) is 20.8 Å². The number of halogens is 1. The third-order valence-electron chi connectivity index (χ3n) is 5.13. The van der Waals surface area contributed by atoms with Crippen LogP contribution in [0.5, 0.6) is 0 Å². The van der Waals surface area contributed by atoms with Gasteiger partial charge in [0.2, 0.25) is 0 Å². The van der Waals surface area contributed by atoms with E-state index >= 15 is 0 Å². The third-order valence-corrected chi connectivity index (χ3v) is 5.86. The highest BCUT2D eigenvalue weighted by Gasteiger charge is 2.17. The Bertz CT molecular complexity index is 1020. The number of aryl methyl sites for hydroxylation is 3. The number of nitrogens with zero attached hydrogens (tertiary/aromatic N) is 5. The number of anilines is 1. The van der Waals surface area contributed by atoms with Crippen molar-refractivity contribution in [3.8, 4) is 0 Å². The van der Waals surface area contributed by atoms with Gasteiger partial charge in [-0.3, -0.25) is 9.36 Å². The van der Waals surface area contributed by atoms with Gasteiger partial charge in [0, 0.05) is 13.6 Å². The van der Waals surface area contributed by atoms with Gasteiger partial charge in [0.25, 0.3) is 0 Å². The summed E-state index contributed by atoms with van der Waals surface area (Å²) in [4.78, 5) is 1.96. The highest BCUT2D eigenvalue weighted by Crippen LogP contribution is 2.23. The van der Waals surface area contributed by atoms with Gasteiger partial charge in [0.1, 0.15) is 0 Å². The second kappa shape index (κ2) is 8.97. The predicted octanol–water partition coefficient (Wildman–Crippen LogP) is 4.56. The number of hydrogen-bond donors (Lipinski definition) is 1. The molecule has 0 saturated carbocycles. The maximum absolute atomic E-state index is 6.29. The van der Waals surface area contributed by atoms with E-state index in [1.807, 2.05) is 35.2 Å². The average molecular weight is 431 g/mol. The van der Waals surface area contributed by atoms with Gasteiger partial charge in [-0.15, -0.1) is 0 Å². The summed E-state index contributed by atoms with van der Waals surface area (Å²) in [6.07, 6.45) is 1.68. The van der Waals surface area contributed by atoms with Crippen LogP contribution in [-0.2, 0) is 19.6 Å². The van der Waals surface area contributed by atoms with Crippen molar-refractivity contribution in [2.24, 2.45) is 0 Å². The number of rotatable bonds is 6. The second-order valence-corrected chi connectivity index (χ2v) is 7.97. The van der Waals surface area contributed by atoms with E-state index < -0.39 is 0 Å². The van der Waals surface area contributed by atoms with E-state index in [0.29, 0.717) is 16.7 Å². The molecule has 1 N–H and O–H groups in total. The highest BCUT2D eigenvalue weighted by atomic mass is 35.5. The smallest absolute Gasteiger partial charge is 0.173 e. The summed E-state index contributed by atoms with van der Waals surface area (Å²) in [5, 5.41) is 13.6. The fraction of sp³-hybridized carbons (Fsp3) is 0.381. The SMILES string of the molecule is CCn1ncc(Cl)c1CN(C)C(=S)Nc1c(C)nn(Cc2ccccc2C)c1C. The molecule has 0 radical (unpaired) electrons. The van der Waals surface area contributed by atoms with Crippen LogP contribution < -0.4 is 5.32 Å². The van der Waals surface area contributed by atoms with Crippen molar-refractivity contribution in [3.63, 3.8) is 0 Å². The van der Waals surface area contributed by atoms with Crippen LogP contribution in [0.4, 0.5) is 5.69 Å². The summed E-state index contributed by atoms with van der Waals surface area (Å²) < 4.78 is 3.91. The summed E-state index contributed by atoms with van der Waals surface area (Å²) in [6.45, 7) is 10.3. The molecule has 0 aliphatic rings. The van der Waals surface area contributed by atoms with Crippen molar-refractivity contribution in [1.29, 1.82) is 0 Å². The van der Waals surface area contributed by atoms with E-state index in [2.05, 4.69) is 48.5 Å². The lowest BCUT2D eigenvalue weighted by atomic mass is 10.1. The Labute approximate surface area is 182 Å². The number of benzene rings is 1. The molecule has 0 aliphatic carbocycles. The Hall–Kier alpha value is -2.38. The van der Waals surface area contributed by atoms with Gasteiger partial charge >= 0.3 is 0 Å². The second-order valence-electron chi connectivity index (χ2n) is 7.17. The summed E-state index contributed by atoms with van der Waals surface area (Å²) in [7, 11) is 1.95. The molecule has 8 heteroatoms. The molecule has 0 atom stereocenters. The van der Waals surface area contributed by atoms with Crippen molar-refractivity contribution in [2.75, 3.05) is 12.4 Å². The molecular weight excluding hydrogens is 404 g/mol. The van der Waals surface area contributed by atoms with E-state index in [1.165, 1.54) is 11.1 Å². The fourth-order valence-corrected chi connectivity index (χ4v) is 3.66. The fourth-order valence-electron chi connectivity index (χ4n) is 3.30. The lowest BCUT2D eigenvalue weighted by Gasteiger charge is -2.22. The van der Waals surface area contributed by atoms with Gasteiger partial charge in [-0.05, 0) is 51.0 Å². The van der Waals surface area contributed by atoms with Crippen molar-refractivity contribution < 1.29 is 0 Å². The number of aromatic nitrogens is 4. The summed E-state index contributed by atoms with van der Waals surface area (Å²) in [6, 6.07) is 8.37. The number of thiocarbonyl (C=S) groups is 1. The monoisotopic (exact) mass is 430 g/mol. The molecule has 2 heterocycles. The van der Waals surface area contributed by atoms with E-state index in [0.717, 1.165) is 35.9 Å². The zero-order valence-corrected chi connectivity index (χ0v) is 19.1. The Kier molecular flexibility index (Phi) is 6.59. The normalized spacial score (nSPS) is 11.0. The quantitative estimate of drug-likeness (QED) is 0.581. The topological polar surface area (TPSA) is 50.9 Å². The summed E-state index contributed by atoms with van der Waals surface area (Å²) in [5.74, 6) is 0. The molecule has 2 aromatic heterocycles. The molecule has 6 nitrogen and oxygen atoms in total. The number of nitrogens with one attached hydrogen (secondary N) is 1. The maximum atomic E-state index is 6.29. The van der Waals surface area contributed by atoms with Crippen LogP contribution in [0.3, 0.4) is 0 Å². The first-order valence-electron chi connectivity index (χ1n) is 9.62. The molecule has 0 fully saturated rings. The third kappa shape index (κ3) is 4.62. The van der Waals surface area contributed by atoms with Crippen molar-refractivity contribution >= 4 is 34.6 Å². The zero-order valence-electron chi connectivity index (χ0n) is 17.5. The van der Waals surface area contributed by atoms with Gasteiger partial charge in [-0.2, -0.15) is 10.2 Å². The Balaban J connectivity index is 1.74. The van der Waals surface area contributed by atoms with E-state index in [1.54, 1.807) is 6.20 Å². The Morgan fingerprint density at radius 2 is 1.93 bits per heavy atom. The standard InChI is InChI=1S/C21H27ClN6S/c1-6-27-19(18(22)11-23-27)13-26(5)21(29)24-20-15(3)25-28(16(20)4)12-17-10-8-7-9-14(17)2/h7-11H,6,12-13H2,1-5H3,(H,24,29). The minimum atomic E-state index is 0.577. The molecule has 0 unspecified atom stereocenters. The lowest BCUT2D eigenvalue weighted by molar-refractivity contribution is 0.471. The highest BCUT2D eigenvalue weighted by molar-refractivity contribution is 7.80. The molecule has 3 rings (SSSR count). The molecule has 0 bridgehead atoms. The molecule has 0 amide bonds. The van der Waals surface area contributed by atoms with Gasteiger partial charge < -0.3 is 10.2 Å². The lowest BCUT2D eigenvalue weighted by Crippen LogP contribution is -2.32. The molecule has 0 aliphatic heterocycles. The van der Waals surface area contributed by atoms with Crippen molar-refractivity contribution in [1.82, 2.24) is 24.5 Å². The molecule has 154 valence electrons. The molecule has 1 aromatic carbocycles. The minimum absolute atomic E-state index is 0.577. The van der Waals surface area contributed by atoms with Gasteiger partial charge in [0.05, 0.1) is 47.1 Å². The van der Waals surface area contributed by atoms with Crippen LogP contribution in [-0.4, -0.2) is 36.6 Å². The van der Waals surface area contributed by atoms with Gasteiger partial charge in [-0.25, -0.2) is 0 Å². The van der Waals surface area contributed by atoms with Crippen molar-refractivity contribution in [2.45, 2.75) is 47.3 Å². The van der Waals surface area contributed by atoms with E-state index in [4.69, 9.17) is 28.9 Å². The maximum Gasteiger partial charge on any atom is 0.173 e. The van der Waals surface area contributed by atoms with E-state index in [-0.39, 0.29) is 0 Å². The molecule has 0 saturated heterocycles. The van der Waals surface area contributed by atoms with Crippen LogP contribution in [0.15, 0.2) is 30.5 Å². The van der Waals surface area contributed by atoms with Crippen LogP contribution in [0.25, 0.3) is 0 Å².